The van der Waals surface area contributed by atoms with Crippen LogP contribution in [0.15, 0.2) is 12.4 Å². The summed E-state index contributed by atoms with van der Waals surface area (Å²) in [5.74, 6) is 2.14. The van der Waals surface area contributed by atoms with Gasteiger partial charge in [0.05, 0.1) is 11.3 Å². The first-order valence-corrected chi connectivity index (χ1v) is 8.12. The summed E-state index contributed by atoms with van der Waals surface area (Å²) in [6.45, 7) is 11.3. The van der Waals surface area contributed by atoms with Crippen LogP contribution in [-0.2, 0) is 4.74 Å². The van der Waals surface area contributed by atoms with Gasteiger partial charge in [0.25, 0.3) is 5.78 Å². The van der Waals surface area contributed by atoms with Crippen LogP contribution in [0.2, 0.25) is 0 Å². The number of nitrogens with zero attached hydrogens (tertiary/aromatic N) is 5. The van der Waals surface area contributed by atoms with Gasteiger partial charge in [-0.1, -0.05) is 13.8 Å². The van der Waals surface area contributed by atoms with Crippen LogP contribution in [0.1, 0.15) is 52.1 Å². The lowest BCUT2D eigenvalue weighted by Gasteiger charge is -2.40. The Bertz CT molecular complexity index is 643. The minimum Gasteiger partial charge on any atom is -0.375 e. The van der Waals surface area contributed by atoms with E-state index in [9.17, 15) is 0 Å². The first-order chi connectivity index (χ1) is 10.5. The van der Waals surface area contributed by atoms with Crippen molar-refractivity contribution >= 4 is 11.6 Å². The molecule has 2 aromatic rings. The Labute approximate surface area is 131 Å². The Kier molecular flexibility index (Phi) is 4.04. The van der Waals surface area contributed by atoms with Crippen molar-refractivity contribution in [3.63, 3.8) is 0 Å². The molecule has 0 aliphatic carbocycles. The number of piperidine rings is 1. The van der Waals surface area contributed by atoms with E-state index in [4.69, 9.17) is 4.74 Å². The molecule has 0 aromatic carbocycles. The Hall–Kier alpha value is -1.69. The second-order valence-electron chi connectivity index (χ2n) is 6.54. The van der Waals surface area contributed by atoms with Crippen molar-refractivity contribution in [3.05, 3.63) is 18.1 Å². The molecule has 1 aliphatic heterocycles. The lowest BCUT2D eigenvalue weighted by atomic mass is 9.93. The number of rotatable bonds is 4. The van der Waals surface area contributed by atoms with Crippen molar-refractivity contribution in [2.24, 2.45) is 0 Å². The van der Waals surface area contributed by atoms with E-state index in [1.165, 1.54) is 0 Å². The molecule has 0 saturated carbocycles. The van der Waals surface area contributed by atoms with Gasteiger partial charge >= 0.3 is 0 Å². The summed E-state index contributed by atoms with van der Waals surface area (Å²) >= 11 is 0. The minimum absolute atomic E-state index is 0.000635. The van der Waals surface area contributed by atoms with E-state index in [0.29, 0.717) is 11.7 Å². The molecular formula is C16H25N5O. The molecule has 1 saturated heterocycles. The highest BCUT2D eigenvalue weighted by Crippen LogP contribution is 2.30. The lowest BCUT2D eigenvalue weighted by Crippen LogP contribution is -2.45. The SMILES string of the molecule is CCOC1(C)CCN(c2cc(C(C)C)nc3ncnn23)CC1. The molecule has 22 heavy (non-hydrogen) atoms. The van der Waals surface area contributed by atoms with Crippen molar-refractivity contribution in [2.45, 2.75) is 52.1 Å². The monoisotopic (exact) mass is 303 g/mol. The second kappa shape index (κ2) is 5.83. The Morgan fingerprint density at radius 1 is 1.32 bits per heavy atom. The van der Waals surface area contributed by atoms with Crippen LogP contribution in [0.5, 0.6) is 0 Å². The molecule has 120 valence electrons. The first kappa shape index (κ1) is 15.2. The number of fused-ring (bicyclic) bond motifs is 1. The molecular weight excluding hydrogens is 278 g/mol. The zero-order valence-electron chi connectivity index (χ0n) is 13.9. The van der Waals surface area contributed by atoms with Crippen molar-refractivity contribution in [1.29, 1.82) is 0 Å². The number of anilines is 1. The van der Waals surface area contributed by atoms with Gasteiger partial charge < -0.3 is 9.64 Å². The summed E-state index contributed by atoms with van der Waals surface area (Å²) in [6, 6.07) is 2.15. The molecule has 2 aromatic heterocycles. The molecule has 0 spiro atoms. The van der Waals surface area contributed by atoms with E-state index in [-0.39, 0.29) is 5.60 Å². The molecule has 0 N–H and O–H groups in total. The quantitative estimate of drug-likeness (QED) is 0.869. The predicted octanol–water partition coefficient (Wildman–Crippen LogP) is 2.64. The van der Waals surface area contributed by atoms with Crippen LogP contribution >= 0.6 is 0 Å². The van der Waals surface area contributed by atoms with Gasteiger partial charge in [0.15, 0.2) is 0 Å². The number of hydrogen-bond acceptors (Lipinski definition) is 5. The van der Waals surface area contributed by atoms with Gasteiger partial charge in [-0.3, -0.25) is 0 Å². The van der Waals surface area contributed by atoms with Crippen LogP contribution in [0.25, 0.3) is 5.78 Å². The molecule has 0 atom stereocenters. The van der Waals surface area contributed by atoms with Gasteiger partial charge in [0.2, 0.25) is 0 Å². The van der Waals surface area contributed by atoms with E-state index in [0.717, 1.165) is 44.0 Å². The third-order valence-corrected chi connectivity index (χ3v) is 4.48. The highest BCUT2D eigenvalue weighted by atomic mass is 16.5. The van der Waals surface area contributed by atoms with Crippen molar-refractivity contribution in [3.8, 4) is 0 Å². The van der Waals surface area contributed by atoms with Gasteiger partial charge in [0, 0.05) is 25.8 Å². The molecule has 1 fully saturated rings. The minimum atomic E-state index is 0.000635. The maximum Gasteiger partial charge on any atom is 0.254 e. The standard InChI is InChI=1S/C16H25N5O/c1-5-22-16(4)6-8-20(9-7-16)14-10-13(12(2)3)19-15-17-11-18-21(14)15/h10-12H,5-9H2,1-4H3. The Morgan fingerprint density at radius 2 is 2.05 bits per heavy atom. The van der Waals surface area contributed by atoms with E-state index < -0.39 is 0 Å². The molecule has 0 radical (unpaired) electrons. The Balaban J connectivity index is 1.89. The zero-order chi connectivity index (χ0) is 15.7. The summed E-state index contributed by atoms with van der Waals surface area (Å²) in [7, 11) is 0. The first-order valence-electron chi connectivity index (χ1n) is 8.12. The molecule has 0 unspecified atom stereocenters. The Morgan fingerprint density at radius 3 is 2.68 bits per heavy atom. The van der Waals surface area contributed by atoms with Gasteiger partial charge in [-0.25, -0.2) is 4.98 Å². The topological polar surface area (TPSA) is 55.5 Å². The predicted molar refractivity (Wildman–Crippen MR) is 86.3 cm³/mol. The number of hydrogen-bond donors (Lipinski definition) is 0. The third-order valence-electron chi connectivity index (χ3n) is 4.48. The van der Waals surface area contributed by atoms with Crippen LogP contribution in [0.3, 0.4) is 0 Å². The van der Waals surface area contributed by atoms with Crippen LogP contribution in [-0.4, -0.2) is 44.9 Å². The van der Waals surface area contributed by atoms with E-state index in [2.05, 4.69) is 53.7 Å². The maximum atomic E-state index is 5.92. The largest absolute Gasteiger partial charge is 0.375 e. The summed E-state index contributed by atoms with van der Waals surface area (Å²) < 4.78 is 7.76. The normalized spacial score (nSPS) is 18.3. The molecule has 0 bridgehead atoms. The molecule has 3 rings (SSSR count). The van der Waals surface area contributed by atoms with Crippen LogP contribution < -0.4 is 4.90 Å². The fraction of sp³-hybridized carbons (Fsp3) is 0.688. The van der Waals surface area contributed by atoms with Gasteiger partial charge in [-0.15, -0.1) is 0 Å². The van der Waals surface area contributed by atoms with Crippen LogP contribution in [0, 0.1) is 0 Å². The van der Waals surface area contributed by atoms with Crippen molar-refractivity contribution < 1.29 is 4.74 Å². The summed E-state index contributed by atoms with van der Waals surface area (Å²) in [6.07, 6.45) is 3.62. The average Bonchev–Trinajstić information content (AvgIpc) is 2.95. The second-order valence-corrected chi connectivity index (χ2v) is 6.54. The highest BCUT2D eigenvalue weighted by molar-refractivity contribution is 5.48. The maximum absolute atomic E-state index is 5.92. The summed E-state index contributed by atoms with van der Waals surface area (Å²) in [4.78, 5) is 11.2. The molecule has 6 nitrogen and oxygen atoms in total. The van der Waals surface area contributed by atoms with Crippen molar-refractivity contribution in [2.75, 3.05) is 24.6 Å². The van der Waals surface area contributed by atoms with E-state index >= 15 is 0 Å². The van der Waals surface area contributed by atoms with E-state index in [1.807, 2.05) is 4.52 Å². The van der Waals surface area contributed by atoms with E-state index in [1.54, 1.807) is 6.33 Å². The van der Waals surface area contributed by atoms with Gasteiger partial charge in [-0.2, -0.15) is 14.6 Å². The number of ether oxygens (including phenoxy) is 1. The number of aromatic nitrogens is 4. The zero-order valence-corrected chi connectivity index (χ0v) is 13.9. The van der Waals surface area contributed by atoms with Gasteiger partial charge in [0.1, 0.15) is 12.1 Å². The smallest absolute Gasteiger partial charge is 0.254 e. The third kappa shape index (κ3) is 2.79. The fourth-order valence-corrected chi connectivity index (χ4v) is 3.04. The highest BCUT2D eigenvalue weighted by Gasteiger charge is 2.31. The van der Waals surface area contributed by atoms with Gasteiger partial charge in [-0.05, 0) is 32.6 Å². The average molecular weight is 303 g/mol. The molecule has 1 aliphatic rings. The molecule has 6 heteroatoms. The molecule has 3 heterocycles. The molecule has 0 amide bonds. The lowest BCUT2D eigenvalue weighted by molar-refractivity contribution is -0.0414. The summed E-state index contributed by atoms with van der Waals surface area (Å²) in [5, 5.41) is 4.34. The van der Waals surface area contributed by atoms with Crippen LogP contribution in [0.4, 0.5) is 5.82 Å². The fourth-order valence-electron chi connectivity index (χ4n) is 3.04. The van der Waals surface area contributed by atoms with Crippen molar-refractivity contribution in [1.82, 2.24) is 19.6 Å². The summed E-state index contributed by atoms with van der Waals surface area (Å²) in [5.41, 5.74) is 1.06.